The lowest BCUT2D eigenvalue weighted by molar-refractivity contribution is 0.392. The Morgan fingerprint density at radius 2 is 2.05 bits per heavy atom. The number of H-pyrrole nitrogens is 1. The number of fused-ring (bicyclic) bond motifs is 1. The molecule has 3 aromatic rings. The van der Waals surface area contributed by atoms with Crippen LogP contribution in [0, 0.1) is 13.8 Å². The van der Waals surface area contributed by atoms with Crippen LogP contribution < -0.4 is 5.32 Å². The fourth-order valence-corrected chi connectivity index (χ4v) is 2.35. The Kier molecular flexibility index (Phi) is 3.09. The van der Waals surface area contributed by atoms with Crippen molar-refractivity contribution >= 4 is 10.9 Å². The highest BCUT2D eigenvalue weighted by Crippen LogP contribution is 2.18. The van der Waals surface area contributed by atoms with Gasteiger partial charge in [0.2, 0.25) is 0 Å². The first-order valence-corrected chi connectivity index (χ1v) is 6.43. The van der Waals surface area contributed by atoms with Gasteiger partial charge in [0.05, 0.1) is 5.69 Å². The van der Waals surface area contributed by atoms with Crippen LogP contribution in [0.2, 0.25) is 0 Å². The smallest absolute Gasteiger partial charge is 0.138 e. The van der Waals surface area contributed by atoms with Gasteiger partial charge in [0.1, 0.15) is 5.76 Å². The van der Waals surface area contributed by atoms with Crippen molar-refractivity contribution in [2.75, 3.05) is 0 Å². The SMILES string of the molecule is Cc1noc(C)c1CNCc1c[nH]c2ccccc12. The van der Waals surface area contributed by atoms with Crippen LogP contribution in [-0.2, 0) is 13.1 Å². The van der Waals surface area contributed by atoms with E-state index in [-0.39, 0.29) is 0 Å². The third-order valence-corrected chi connectivity index (χ3v) is 3.47. The molecular formula is C15H17N3O. The minimum Gasteiger partial charge on any atom is -0.361 e. The number of rotatable bonds is 4. The molecule has 0 saturated carbocycles. The molecule has 0 aliphatic rings. The summed E-state index contributed by atoms with van der Waals surface area (Å²) in [6.07, 6.45) is 2.06. The van der Waals surface area contributed by atoms with Gasteiger partial charge in [-0.3, -0.25) is 0 Å². The first-order valence-electron chi connectivity index (χ1n) is 6.43. The van der Waals surface area contributed by atoms with Crippen LogP contribution in [0.3, 0.4) is 0 Å². The van der Waals surface area contributed by atoms with Crippen molar-refractivity contribution in [3.8, 4) is 0 Å². The fourth-order valence-electron chi connectivity index (χ4n) is 2.35. The van der Waals surface area contributed by atoms with E-state index < -0.39 is 0 Å². The number of hydrogen-bond acceptors (Lipinski definition) is 3. The molecule has 0 fully saturated rings. The highest BCUT2D eigenvalue weighted by molar-refractivity contribution is 5.82. The van der Waals surface area contributed by atoms with E-state index in [4.69, 9.17) is 4.52 Å². The van der Waals surface area contributed by atoms with Gasteiger partial charge in [-0.25, -0.2) is 0 Å². The highest BCUT2D eigenvalue weighted by atomic mass is 16.5. The van der Waals surface area contributed by atoms with Crippen molar-refractivity contribution in [3.63, 3.8) is 0 Å². The van der Waals surface area contributed by atoms with Crippen LogP contribution in [0.15, 0.2) is 35.0 Å². The van der Waals surface area contributed by atoms with Crippen molar-refractivity contribution in [1.82, 2.24) is 15.5 Å². The number of benzene rings is 1. The molecule has 3 rings (SSSR count). The normalized spacial score (nSPS) is 11.3. The van der Waals surface area contributed by atoms with E-state index in [0.717, 1.165) is 30.1 Å². The molecule has 0 unspecified atom stereocenters. The average molecular weight is 255 g/mol. The van der Waals surface area contributed by atoms with Crippen LogP contribution >= 0.6 is 0 Å². The summed E-state index contributed by atoms with van der Waals surface area (Å²) in [5, 5.41) is 8.68. The summed E-state index contributed by atoms with van der Waals surface area (Å²) in [4.78, 5) is 3.28. The Morgan fingerprint density at radius 1 is 1.21 bits per heavy atom. The van der Waals surface area contributed by atoms with Gasteiger partial charge in [-0.05, 0) is 25.5 Å². The van der Waals surface area contributed by atoms with Gasteiger partial charge in [0.25, 0.3) is 0 Å². The maximum Gasteiger partial charge on any atom is 0.138 e. The number of aromatic amines is 1. The predicted octanol–water partition coefficient (Wildman–Crippen LogP) is 3.06. The average Bonchev–Trinajstić information content (AvgIpc) is 2.97. The van der Waals surface area contributed by atoms with Crippen molar-refractivity contribution in [3.05, 3.63) is 53.0 Å². The van der Waals surface area contributed by atoms with Crippen molar-refractivity contribution < 1.29 is 4.52 Å². The lowest BCUT2D eigenvalue weighted by Crippen LogP contribution is -2.13. The summed E-state index contributed by atoms with van der Waals surface area (Å²) < 4.78 is 5.16. The van der Waals surface area contributed by atoms with Crippen LogP contribution in [-0.4, -0.2) is 10.1 Å². The summed E-state index contributed by atoms with van der Waals surface area (Å²) in [5.41, 5.74) is 4.57. The van der Waals surface area contributed by atoms with Crippen LogP contribution in [0.25, 0.3) is 10.9 Å². The summed E-state index contributed by atoms with van der Waals surface area (Å²) in [6, 6.07) is 8.33. The van der Waals surface area contributed by atoms with Crippen LogP contribution in [0.1, 0.15) is 22.6 Å². The standard InChI is InChI=1S/C15H17N3O/c1-10-14(11(2)19-18-10)9-16-7-12-8-17-15-6-4-3-5-13(12)15/h3-6,8,16-17H,7,9H2,1-2H3. The second kappa shape index (κ2) is 4.90. The van der Waals surface area contributed by atoms with Crippen molar-refractivity contribution in [1.29, 1.82) is 0 Å². The number of para-hydroxylation sites is 1. The largest absolute Gasteiger partial charge is 0.361 e. The zero-order valence-corrected chi connectivity index (χ0v) is 11.2. The third-order valence-electron chi connectivity index (χ3n) is 3.47. The molecule has 0 amide bonds. The zero-order valence-electron chi connectivity index (χ0n) is 11.2. The Hall–Kier alpha value is -2.07. The van der Waals surface area contributed by atoms with Crippen molar-refractivity contribution in [2.24, 2.45) is 0 Å². The van der Waals surface area contributed by atoms with Gasteiger partial charge in [0, 0.05) is 35.8 Å². The first-order chi connectivity index (χ1) is 9.25. The van der Waals surface area contributed by atoms with Gasteiger partial charge in [-0.1, -0.05) is 23.4 Å². The van der Waals surface area contributed by atoms with Gasteiger partial charge in [0.15, 0.2) is 0 Å². The Labute approximate surface area is 111 Å². The molecule has 2 heterocycles. The molecule has 1 aromatic carbocycles. The van der Waals surface area contributed by atoms with E-state index in [0.29, 0.717) is 0 Å². The highest BCUT2D eigenvalue weighted by Gasteiger charge is 2.08. The summed E-state index contributed by atoms with van der Waals surface area (Å²) >= 11 is 0. The van der Waals surface area contributed by atoms with E-state index >= 15 is 0 Å². The molecule has 0 bridgehead atoms. The van der Waals surface area contributed by atoms with Gasteiger partial charge in [-0.2, -0.15) is 0 Å². The molecule has 19 heavy (non-hydrogen) atoms. The molecule has 0 aliphatic carbocycles. The summed E-state index contributed by atoms with van der Waals surface area (Å²) in [5.74, 6) is 0.893. The number of hydrogen-bond donors (Lipinski definition) is 2. The molecule has 4 nitrogen and oxygen atoms in total. The molecule has 2 aromatic heterocycles. The molecule has 4 heteroatoms. The van der Waals surface area contributed by atoms with Gasteiger partial charge >= 0.3 is 0 Å². The van der Waals surface area contributed by atoms with Crippen molar-refractivity contribution in [2.45, 2.75) is 26.9 Å². The Bertz CT molecular complexity index is 677. The van der Waals surface area contributed by atoms with Crippen LogP contribution in [0.5, 0.6) is 0 Å². The lowest BCUT2D eigenvalue weighted by atomic mass is 10.1. The predicted molar refractivity (Wildman–Crippen MR) is 74.8 cm³/mol. The Balaban J connectivity index is 1.70. The Morgan fingerprint density at radius 3 is 2.84 bits per heavy atom. The monoisotopic (exact) mass is 255 g/mol. The maximum atomic E-state index is 5.16. The molecule has 0 aliphatic heterocycles. The summed E-state index contributed by atoms with van der Waals surface area (Å²) in [6.45, 7) is 5.52. The van der Waals surface area contributed by atoms with Crippen LogP contribution in [0.4, 0.5) is 0 Å². The molecule has 0 radical (unpaired) electrons. The lowest BCUT2D eigenvalue weighted by Gasteiger charge is -2.03. The molecule has 98 valence electrons. The number of nitrogens with zero attached hydrogens (tertiary/aromatic N) is 1. The second-order valence-corrected chi connectivity index (χ2v) is 4.77. The quantitative estimate of drug-likeness (QED) is 0.753. The fraction of sp³-hybridized carbons (Fsp3) is 0.267. The molecule has 0 atom stereocenters. The molecule has 0 spiro atoms. The number of aromatic nitrogens is 2. The van der Waals surface area contributed by atoms with E-state index in [2.05, 4.69) is 39.9 Å². The maximum absolute atomic E-state index is 5.16. The minimum absolute atomic E-state index is 0.778. The van der Waals surface area contributed by atoms with E-state index in [1.807, 2.05) is 19.9 Å². The van der Waals surface area contributed by atoms with Gasteiger partial charge in [-0.15, -0.1) is 0 Å². The van der Waals surface area contributed by atoms with E-state index in [1.54, 1.807) is 0 Å². The zero-order chi connectivity index (χ0) is 13.2. The molecule has 2 N–H and O–H groups in total. The third kappa shape index (κ3) is 2.27. The molecular weight excluding hydrogens is 238 g/mol. The number of nitrogens with one attached hydrogen (secondary N) is 2. The van der Waals surface area contributed by atoms with Gasteiger partial charge < -0.3 is 14.8 Å². The topological polar surface area (TPSA) is 53.9 Å². The second-order valence-electron chi connectivity index (χ2n) is 4.77. The summed E-state index contributed by atoms with van der Waals surface area (Å²) in [7, 11) is 0. The van der Waals surface area contributed by atoms with E-state index in [1.165, 1.54) is 16.5 Å². The number of aryl methyl sites for hydroxylation is 2. The molecule has 0 saturated heterocycles. The first kappa shape index (κ1) is 12.0. The van der Waals surface area contributed by atoms with E-state index in [9.17, 15) is 0 Å². The minimum atomic E-state index is 0.778.